The van der Waals surface area contributed by atoms with E-state index in [0.29, 0.717) is 23.7 Å². The highest BCUT2D eigenvalue weighted by Gasteiger charge is 2.31. The number of hydrogen-bond acceptors (Lipinski definition) is 5. The number of methoxy groups -OCH3 is 1. The predicted octanol–water partition coefficient (Wildman–Crippen LogP) is 4.51. The number of nitrogens with zero attached hydrogens (tertiary/aromatic N) is 3. The minimum atomic E-state index is -4.57. The maximum absolute atomic E-state index is 13.1. The van der Waals surface area contributed by atoms with Gasteiger partial charge in [-0.2, -0.15) is 18.3 Å². The Bertz CT molecular complexity index is 1130. The van der Waals surface area contributed by atoms with Gasteiger partial charge in [-0.15, -0.1) is 0 Å². The van der Waals surface area contributed by atoms with E-state index in [4.69, 9.17) is 9.47 Å². The van der Waals surface area contributed by atoms with E-state index in [0.717, 1.165) is 12.1 Å². The molecule has 0 spiro atoms. The van der Waals surface area contributed by atoms with Crippen molar-refractivity contribution in [3.63, 3.8) is 0 Å². The number of ether oxygens (including phenoxy) is 2. The average molecular weight is 444 g/mol. The third kappa shape index (κ3) is 5.54. The zero-order valence-corrected chi connectivity index (χ0v) is 17.0. The maximum Gasteiger partial charge on any atom is 0.416 e. The van der Waals surface area contributed by atoms with Crippen molar-refractivity contribution in [3.05, 3.63) is 78.9 Å². The second-order valence-electron chi connectivity index (χ2n) is 6.40. The SMILES string of the molecule is C=CCOc1ccc(/C=C/C(=O)Nc2cc(C(F)(F)F)ccc2-n2cncn2)cc1OC. The molecule has 0 unspecified atom stereocenters. The van der Waals surface area contributed by atoms with Crippen molar-refractivity contribution in [3.8, 4) is 17.2 Å². The average Bonchev–Trinajstić information content (AvgIpc) is 3.30. The number of hydrogen-bond donors (Lipinski definition) is 1. The Labute approximate surface area is 181 Å². The van der Waals surface area contributed by atoms with Crippen LogP contribution >= 0.6 is 0 Å². The smallest absolute Gasteiger partial charge is 0.416 e. The molecule has 0 aliphatic rings. The molecule has 0 atom stereocenters. The van der Waals surface area contributed by atoms with E-state index < -0.39 is 17.6 Å². The van der Waals surface area contributed by atoms with Crippen molar-refractivity contribution in [1.82, 2.24) is 14.8 Å². The number of alkyl halides is 3. The van der Waals surface area contributed by atoms with E-state index in [1.807, 2.05) is 0 Å². The Kier molecular flexibility index (Phi) is 6.93. The van der Waals surface area contributed by atoms with Crippen molar-refractivity contribution in [1.29, 1.82) is 0 Å². The van der Waals surface area contributed by atoms with E-state index in [1.54, 1.807) is 24.3 Å². The molecule has 0 fully saturated rings. The molecule has 3 rings (SSSR count). The van der Waals surface area contributed by atoms with Crippen LogP contribution in [0.5, 0.6) is 11.5 Å². The number of nitrogens with one attached hydrogen (secondary N) is 1. The molecule has 0 aliphatic carbocycles. The summed E-state index contributed by atoms with van der Waals surface area (Å²) in [6.45, 7) is 3.89. The summed E-state index contributed by atoms with van der Waals surface area (Å²) in [4.78, 5) is 16.2. The summed E-state index contributed by atoms with van der Waals surface area (Å²) in [6, 6.07) is 8.00. The van der Waals surface area contributed by atoms with Crippen molar-refractivity contribution >= 4 is 17.7 Å². The summed E-state index contributed by atoms with van der Waals surface area (Å²) in [5.41, 5.74) is -0.0997. The first kappa shape index (κ1) is 22.6. The van der Waals surface area contributed by atoms with Crippen LogP contribution in [0.4, 0.5) is 18.9 Å². The molecule has 1 heterocycles. The Balaban J connectivity index is 1.82. The fraction of sp³-hybridized carbons (Fsp3) is 0.136. The molecule has 0 bridgehead atoms. The highest BCUT2D eigenvalue weighted by Crippen LogP contribution is 2.33. The summed E-state index contributed by atoms with van der Waals surface area (Å²) < 4.78 is 51.4. The Morgan fingerprint density at radius 1 is 1.22 bits per heavy atom. The first-order chi connectivity index (χ1) is 15.3. The molecule has 166 valence electrons. The van der Waals surface area contributed by atoms with Gasteiger partial charge in [0, 0.05) is 6.08 Å². The molecule has 0 saturated heterocycles. The summed E-state index contributed by atoms with van der Waals surface area (Å²) in [5.74, 6) is 0.341. The summed E-state index contributed by atoms with van der Waals surface area (Å²) in [7, 11) is 1.48. The molecule has 7 nitrogen and oxygen atoms in total. The molecule has 10 heteroatoms. The molecule has 0 aliphatic heterocycles. The van der Waals surface area contributed by atoms with Gasteiger partial charge in [0.15, 0.2) is 11.5 Å². The Morgan fingerprint density at radius 3 is 2.69 bits per heavy atom. The molecule has 3 aromatic rings. The number of carbonyl (C=O) groups is 1. The molecular weight excluding hydrogens is 425 g/mol. The van der Waals surface area contributed by atoms with Gasteiger partial charge >= 0.3 is 6.18 Å². The van der Waals surface area contributed by atoms with E-state index in [1.165, 1.54) is 42.7 Å². The van der Waals surface area contributed by atoms with Gasteiger partial charge < -0.3 is 14.8 Å². The van der Waals surface area contributed by atoms with Gasteiger partial charge in [0.25, 0.3) is 0 Å². The quantitative estimate of drug-likeness (QED) is 0.409. The van der Waals surface area contributed by atoms with Gasteiger partial charge in [-0.05, 0) is 42.0 Å². The predicted molar refractivity (Wildman–Crippen MR) is 113 cm³/mol. The monoisotopic (exact) mass is 444 g/mol. The fourth-order valence-corrected chi connectivity index (χ4v) is 2.75. The lowest BCUT2D eigenvalue weighted by Crippen LogP contribution is -2.13. The van der Waals surface area contributed by atoms with Crippen LogP contribution in [-0.2, 0) is 11.0 Å². The van der Waals surface area contributed by atoms with E-state index in [2.05, 4.69) is 22.0 Å². The number of benzene rings is 2. The van der Waals surface area contributed by atoms with E-state index in [-0.39, 0.29) is 11.4 Å². The molecular formula is C22H19F3N4O3. The lowest BCUT2D eigenvalue weighted by molar-refractivity contribution is -0.137. The van der Waals surface area contributed by atoms with Gasteiger partial charge in [-0.1, -0.05) is 18.7 Å². The third-order valence-electron chi connectivity index (χ3n) is 4.22. The molecule has 2 aromatic carbocycles. The zero-order valence-electron chi connectivity index (χ0n) is 17.0. The summed E-state index contributed by atoms with van der Waals surface area (Å²) in [6.07, 6.45) is 2.28. The lowest BCUT2D eigenvalue weighted by Gasteiger charge is -2.13. The van der Waals surface area contributed by atoms with Crippen LogP contribution in [0.3, 0.4) is 0 Å². The van der Waals surface area contributed by atoms with Gasteiger partial charge in [0.2, 0.25) is 5.91 Å². The second kappa shape index (κ2) is 9.82. The van der Waals surface area contributed by atoms with Crippen molar-refractivity contribution < 1.29 is 27.4 Å². The van der Waals surface area contributed by atoms with Gasteiger partial charge in [-0.3, -0.25) is 4.79 Å². The normalized spacial score (nSPS) is 11.4. The third-order valence-corrected chi connectivity index (χ3v) is 4.22. The van der Waals surface area contributed by atoms with E-state index >= 15 is 0 Å². The zero-order chi connectivity index (χ0) is 23.1. The van der Waals surface area contributed by atoms with Crippen molar-refractivity contribution in [2.75, 3.05) is 19.0 Å². The number of aromatic nitrogens is 3. The van der Waals surface area contributed by atoms with Crippen molar-refractivity contribution in [2.45, 2.75) is 6.18 Å². The van der Waals surface area contributed by atoms with Crippen LogP contribution in [0.1, 0.15) is 11.1 Å². The second-order valence-corrected chi connectivity index (χ2v) is 6.40. The number of halogens is 3. The molecule has 32 heavy (non-hydrogen) atoms. The number of anilines is 1. The number of rotatable bonds is 8. The summed E-state index contributed by atoms with van der Waals surface area (Å²) in [5, 5.41) is 6.38. The highest BCUT2D eigenvalue weighted by molar-refractivity contribution is 6.03. The van der Waals surface area contributed by atoms with Crippen LogP contribution in [0.25, 0.3) is 11.8 Å². The topological polar surface area (TPSA) is 78.3 Å². The van der Waals surface area contributed by atoms with Gasteiger partial charge in [0.1, 0.15) is 19.3 Å². The molecule has 0 saturated carbocycles. The number of carbonyl (C=O) groups excluding carboxylic acids is 1. The highest BCUT2D eigenvalue weighted by atomic mass is 19.4. The first-order valence-electron chi connectivity index (χ1n) is 9.29. The van der Waals surface area contributed by atoms with Crippen LogP contribution in [0.15, 0.2) is 67.8 Å². The van der Waals surface area contributed by atoms with Crippen LogP contribution in [-0.4, -0.2) is 34.4 Å². The van der Waals surface area contributed by atoms with Gasteiger partial charge in [-0.25, -0.2) is 9.67 Å². The maximum atomic E-state index is 13.1. The van der Waals surface area contributed by atoms with Crippen LogP contribution in [0, 0.1) is 0 Å². The molecule has 1 amide bonds. The molecule has 0 radical (unpaired) electrons. The summed E-state index contributed by atoms with van der Waals surface area (Å²) >= 11 is 0. The van der Waals surface area contributed by atoms with Crippen LogP contribution < -0.4 is 14.8 Å². The fourth-order valence-electron chi connectivity index (χ4n) is 2.75. The molecule has 1 N–H and O–H groups in total. The lowest BCUT2D eigenvalue weighted by atomic mass is 10.1. The Morgan fingerprint density at radius 2 is 2.03 bits per heavy atom. The molecule has 1 aromatic heterocycles. The minimum Gasteiger partial charge on any atom is -0.493 e. The van der Waals surface area contributed by atoms with Crippen LogP contribution in [0.2, 0.25) is 0 Å². The largest absolute Gasteiger partial charge is 0.493 e. The Hall–Kier alpha value is -4.08. The standard InChI is InChI=1S/C22H19F3N4O3/c1-3-10-32-19-8-4-15(11-20(19)31-2)5-9-21(30)28-17-12-16(22(23,24)25)6-7-18(17)29-14-26-13-27-29/h3-9,11-14H,1,10H2,2H3,(H,28,30)/b9-5+. The van der Waals surface area contributed by atoms with Gasteiger partial charge in [0.05, 0.1) is 24.0 Å². The minimum absolute atomic E-state index is 0.0641. The van der Waals surface area contributed by atoms with Crippen molar-refractivity contribution in [2.24, 2.45) is 0 Å². The number of amides is 1. The first-order valence-corrected chi connectivity index (χ1v) is 9.29. The van der Waals surface area contributed by atoms with E-state index in [9.17, 15) is 18.0 Å².